The van der Waals surface area contributed by atoms with Crippen molar-refractivity contribution in [2.75, 3.05) is 11.9 Å². The van der Waals surface area contributed by atoms with Gasteiger partial charge >= 0.3 is 5.97 Å². The number of anilines is 1. The Morgan fingerprint density at radius 2 is 2.00 bits per heavy atom. The van der Waals surface area contributed by atoms with Gasteiger partial charge in [0.05, 0.1) is 6.61 Å². The van der Waals surface area contributed by atoms with Crippen LogP contribution in [0.5, 0.6) is 0 Å². The van der Waals surface area contributed by atoms with Crippen molar-refractivity contribution in [3.05, 3.63) is 30.3 Å². The molecule has 0 amide bonds. The van der Waals surface area contributed by atoms with E-state index in [2.05, 4.69) is 5.32 Å². The zero-order valence-corrected chi connectivity index (χ0v) is 9.19. The Kier molecular flexibility index (Phi) is 4.68. The summed E-state index contributed by atoms with van der Waals surface area (Å²) >= 11 is 0. The van der Waals surface area contributed by atoms with Crippen molar-refractivity contribution in [2.24, 2.45) is 0 Å². The highest BCUT2D eigenvalue weighted by atomic mass is 16.5. The monoisotopic (exact) mass is 207 g/mol. The van der Waals surface area contributed by atoms with Crippen LogP contribution in [0.4, 0.5) is 5.69 Å². The van der Waals surface area contributed by atoms with Crippen molar-refractivity contribution in [1.29, 1.82) is 0 Å². The molecule has 0 aromatic heterocycles. The fourth-order valence-corrected chi connectivity index (χ4v) is 1.31. The standard InChI is InChI=1S/C12H17NO2/c1-3-11(12(14)15-4-2)13-10-8-6-5-7-9-10/h5-9,11,13H,3-4H2,1-2H3/t11-/m1/s1. The molecule has 15 heavy (non-hydrogen) atoms. The third-order valence-corrected chi connectivity index (χ3v) is 2.09. The molecule has 1 aromatic carbocycles. The van der Waals surface area contributed by atoms with Crippen molar-refractivity contribution in [3.63, 3.8) is 0 Å². The lowest BCUT2D eigenvalue weighted by atomic mass is 10.2. The van der Waals surface area contributed by atoms with Gasteiger partial charge in [-0.05, 0) is 25.5 Å². The zero-order valence-electron chi connectivity index (χ0n) is 9.19. The van der Waals surface area contributed by atoms with Crippen LogP contribution in [0.1, 0.15) is 20.3 Å². The Hall–Kier alpha value is -1.51. The molecule has 0 aliphatic carbocycles. The van der Waals surface area contributed by atoms with Crippen LogP contribution in [0.15, 0.2) is 30.3 Å². The van der Waals surface area contributed by atoms with E-state index < -0.39 is 0 Å². The zero-order chi connectivity index (χ0) is 11.1. The van der Waals surface area contributed by atoms with Crippen molar-refractivity contribution in [3.8, 4) is 0 Å². The van der Waals surface area contributed by atoms with Crippen LogP contribution in [0.2, 0.25) is 0 Å². The highest BCUT2D eigenvalue weighted by Crippen LogP contribution is 2.09. The fourth-order valence-electron chi connectivity index (χ4n) is 1.31. The Bertz CT molecular complexity index is 298. The summed E-state index contributed by atoms with van der Waals surface area (Å²) in [6.45, 7) is 4.19. The second-order valence-corrected chi connectivity index (χ2v) is 3.22. The average Bonchev–Trinajstić information content (AvgIpc) is 2.27. The first-order valence-electron chi connectivity index (χ1n) is 5.26. The highest BCUT2D eigenvalue weighted by Gasteiger charge is 2.16. The second-order valence-electron chi connectivity index (χ2n) is 3.22. The van der Waals surface area contributed by atoms with Gasteiger partial charge in [0, 0.05) is 5.69 Å². The minimum atomic E-state index is -0.257. The maximum Gasteiger partial charge on any atom is 0.328 e. The molecule has 3 nitrogen and oxygen atoms in total. The normalized spacial score (nSPS) is 11.9. The highest BCUT2D eigenvalue weighted by molar-refractivity contribution is 5.79. The molecule has 1 aromatic rings. The van der Waals surface area contributed by atoms with Crippen LogP contribution in [-0.2, 0) is 9.53 Å². The summed E-state index contributed by atoms with van der Waals surface area (Å²) in [6.07, 6.45) is 0.716. The molecule has 0 bridgehead atoms. The first-order valence-corrected chi connectivity index (χ1v) is 5.26. The molecule has 0 aliphatic rings. The summed E-state index contributed by atoms with van der Waals surface area (Å²) in [7, 11) is 0. The van der Waals surface area contributed by atoms with Gasteiger partial charge < -0.3 is 10.1 Å². The topological polar surface area (TPSA) is 38.3 Å². The van der Waals surface area contributed by atoms with E-state index >= 15 is 0 Å². The molecule has 0 fully saturated rings. The first-order chi connectivity index (χ1) is 7.27. The molecule has 0 spiro atoms. The summed E-state index contributed by atoms with van der Waals surface area (Å²) < 4.78 is 4.97. The van der Waals surface area contributed by atoms with Gasteiger partial charge in [0.1, 0.15) is 6.04 Å². The van der Waals surface area contributed by atoms with E-state index in [1.54, 1.807) is 0 Å². The molecule has 1 rings (SSSR count). The number of hydrogen-bond acceptors (Lipinski definition) is 3. The van der Waals surface area contributed by atoms with Crippen LogP contribution < -0.4 is 5.32 Å². The third-order valence-electron chi connectivity index (χ3n) is 2.09. The molecule has 1 N–H and O–H groups in total. The van der Waals surface area contributed by atoms with Crippen molar-refractivity contribution in [1.82, 2.24) is 0 Å². The predicted molar refractivity (Wildman–Crippen MR) is 60.8 cm³/mol. The van der Waals surface area contributed by atoms with Crippen LogP contribution in [0, 0.1) is 0 Å². The minimum Gasteiger partial charge on any atom is -0.464 e. The minimum absolute atomic E-state index is 0.191. The molecule has 3 heteroatoms. The SMILES string of the molecule is CCOC(=O)[C@@H](CC)Nc1ccccc1. The predicted octanol–water partition coefficient (Wildman–Crippen LogP) is 2.44. The quantitative estimate of drug-likeness (QED) is 0.754. The number of esters is 1. The lowest BCUT2D eigenvalue weighted by Gasteiger charge is -2.16. The molecule has 0 aliphatic heterocycles. The Balaban J connectivity index is 2.58. The number of rotatable bonds is 5. The number of benzene rings is 1. The van der Waals surface area contributed by atoms with E-state index in [1.807, 2.05) is 44.2 Å². The Morgan fingerprint density at radius 1 is 1.33 bits per heavy atom. The number of nitrogens with one attached hydrogen (secondary N) is 1. The maximum absolute atomic E-state index is 11.5. The van der Waals surface area contributed by atoms with Crippen LogP contribution in [-0.4, -0.2) is 18.6 Å². The molecule has 0 unspecified atom stereocenters. The Labute approximate surface area is 90.4 Å². The van der Waals surface area contributed by atoms with E-state index in [0.29, 0.717) is 13.0 Å². The Morgan fingerprint density at radius 3 is 2.53 bits per heavy atom. The van der Waals surface area contributed by atoms with Gasteiger partial charge in [0.15, 0.2) is 0 Å². The molecule has 0 saturated heterocycles. The molecular weight excluding hydrogens is 190 g/mol. The van der Waals surface area contributed by atoms with Crippen molar-refractivity contribution in [2.45, 2.75) is 26.3 Å². The summed E-state index contributed by atoms with van der Waals surface area (Å²) in [4.78, 5) is 11.5. The third kappa shape index (κ3) is 3.62. The smallest absolute Gasteiger partial charge is 0.328 e. The van der Waals surface area contributed by atoms with Gasteiger partial charge in [-0.3, -0.25) is 0 Å². The van der Waals surface area contributed by atoms with E-state index in [-0.39, 0.29) is 12.0 Å². The number of para-hydroxylation sites is 1. The van der Waals surface area contributed by atoms with Gasteiger partial charge in [0.25, 0.3) is 0 Å². The lowest BCUT2D eigenvalue weighted by molar-refractivity contribution is -0.144. The van der Waals surface area contributed by atoms with Crippen molar-refractivity contribution < 1.29 is 9.53 Å². The molecule has 0 heterocycles. The van der Waals surface area contributed by atoms with E-state index in [4.69, 9.17) is 4.74 Å². The van der Waals surface area contributed by atoms with Crippen LogP contribution in [0.3, 0.4) is 0 Å². The average molecular weight is 207 g/mol. The van der Waals surface area contributed by atoms with E-state index in [1.165, 1.54) is 0 Å². The summed E-state index contributed by atoms with van der Waals surface area (Å²) in [5.41, 5.74) is 0.942. The van der Waals surface area contributed by atoms with Gasteiger partial charge in [0.2, 0.25) is 0 Å². The maximum atomic E-state index is 11.5. The number of carbonyl (C=O) groups excluding carboxylic acids is 1. The van der Waals surface area contributed by atoms with Gasteiger partial charge in [-0.25, -0.2) is 4.79 Å². The number of hydrogen-bond donors (Lipinski definition) is 1. The van der Waals surface area contributed by atoms with E-state index in [9.17, 15) is 4.79 Å². The second kappa shape index (κ2) is 6.06. The summed E-state index contributed by atoms with van der Waals surface area (Å²) in [6, 6.07) is 9.41. The number of carbonyl (C=O) groups is 1. The molecule has 0 radical (unpaired) electrons. The van der Waals surface area contributed by atoms with Gasteiger partial charge in [-0.2, -0.15) is 0 Å². The van der Waals surface area contributed by atoms with Gasteiger partial charge in [-0.1, -0.05) is 25.1 Å². The molecular formula is C12H17NO2. The van der Waals surface area contributed by atoms with Crippen LogP contribution >= 0.6 is 0 Å². The summed E-state index contributed by atoms with van der Waals surface area (Å²) in [5.74, 6) is -0.191. The molecule has 0 saturated carbocycles. The van der Waals surface area contributed by atoms with E-state index in [0.717, 1.165) is 5.69 Å². The molecule has 1 atom stereocenters. The van der Waals surface area contributed by atoms with Crippen LogP contribution in [0.25, 0.3) is 0 Å². The molecule has 82 valence electrons. The summed E-state index contributed by atoms with van der Waals surface area (Å²) in [5, 5.41) is 3.14. The van der Waals surface area contributed by atoms with Gasteiger partial charge in [-0.15, -0.1) is 0 Å². The van der Waals surface area contributed by atoms with Crippen molar-refractivity contribution >= 4 is 11.7 Å². The first kappa shape index (κ1) is 11.6. The lowest BCUT2D eigenvalue weighted by Crippen LogP contribution is -2.30. The number of ether oxygens (including phenoxy) is 1. The fraction of sp³-hybridized carbons (Fsp3) is 0.417. The largest absolute Gasteiger partial charge is 0.464 e.